The maximum atomic E-state index is 12.6. The molecule has 0 bridgehead atoms. The Bertz CT molecular complexity index is 1150. The van der Waals surface area contributed by atoms with E-state index in [4.69, 9.17) is 14.8 Å². The van der Waals surface area contributed by atoms with Gasteiger partial charge in [0.15, 0.2) is 6.10 Å². The molecule has 3 aromatic rings. The molecule has 1 aromatic heterocycles. The van der Waals surface area contributed by atoms with Crippen LogP contribution in [0.15, 0.2) is 72.0 Å². The van der Waals surface area contributed by atoms with Crippen LogP contribution in [0.25, 0.3) is 0 Å². The number of anilines is 1. The fourth-order valence-corrected chi connectivity index (χ4v) is 3.06. The molecule has 0 saturated carbocycles. The van der Waals surface area contributed by atoms with Gasteiger partial charge in [-0.05, 0) is 48.4 Å². The van der Waals surface area contributed by atoms with Crippen LogP contribution in [0.4, 0.5) is 5.69 Å². The summed E-state index contributed by atoms with van der Waals surface area (Å²) in [4.78, 5) is 22.1. The molecule has 1 aliphatic heterocycles. The van der Waals surface area contributed by atoms with E-state index in [0.29, 0.717) is 29.1 Å². The molecule has 0 aliphatic carbocycles. The lowest BCUT2D eigenvalue weighted by Crippen LogP contribution is -2.22. The molecule has 148 valence electrons. The maximum Gasteiger partial charge on any atom is 0.273 e. The van der Waals surface area contributed by atoms with Gasteiger partial charge < -0.3 is 14.9 Å². The van der Waals surface area contributed by atoms with Crippen molar-refractivity contribution >= 4 is 17.3 Å². The van der Waals surface area contributed by atoms with Gasteiger partial charge in [-0.15, -0.1) is 0 Å². The minimum Gasteiger partial charge on any atom is -0.438 e. The third kappa shape index (κ3) is 4.13. The topological polar surface area (TPSA) is 96.6 Å². The highest BCUT2D eigenvalue weighted by Gasteiger charge is 2.27. The molecule has 1 unspecified atom stereocenters. The van der Waals surface area contributed by atoms with Crippen molar-refractivity contribution in [1.82, 2.24) is 4.98 Å². The zero-order valence-electron chi connectivity index (χ0n) is 16.2. The number of carbonyl (C=O) groups is 1. The second-order valence-electron chi connectivity index (χ2n) is 6.75. The van der Waals surface area contributed by atoms with Crippen molar-refractivity contribution in [2.45, 2.75) is 19.4 Å². The van der Waals surface area contributed by atoms with Gasteiger partial charge in [-0.25, -0.2) is 4.98 Å². The Kier molecular flexibility index (Phi) is 5.39. The van der Waals surface area contributed by atoms with Crippen molar-refractivity contribution < 1.29 is 14.4 Å². The highest BCUT2D eigenvalue weighted by molar-refractivity contribution is 6.43. The average Bonchev–Trinajstić information content (AvgIpc) is 3.27. The number of rotatable bonds is 5. The first-order valence-corrected chi connectivity index (χ1v) is 9.36. The number of carbonyl (C=O) groups excluding carboxylic acids is 1. The van der Waals surface area contributed by atoms with Crippen LogP contribution in [0.2, 0.25) is 0 Å². The van der Waals surface area contributed by atoms with E-state index >= 15 is 0 Å². The second kappa shape index (κ2) is 8.45. The van der Waals surface area contributed by atoms with E-state index in [2.05, 4.69) is 15.5 Å². The van der Waals surface area contributed by atoms with Gasteiger partial charge in [0.1, 0.15) is 23.1 Å². The molecule has 0 saturated heterocycles. The van der Waals surface area contributed by atoms with E-state index < -0.39 is 0 Å². The quantitative estimate of drug-likeness (QED) is 0.682. The van der Waals surface area contributed by atoms with Crippen LogP contribution in [0, 0.1) is 18.3 Å². The fraction of sp³-hybridized carbons (Fsp3) is 0.130. The van der Waals surface area contributed by atoms with E-state index in [0.717, 1.165) is 11.1 Å². The van der Waals surface area contributed by atoms with Crippen LogP contribution in [0.3, 0.4) is 0 Å². The largest absolute Gasteiger partial charge is 0.438 e. The van der Waals surface area contributed by atoms with Gasteiger partial charge >= 0.3 is 0 Å². The minimum absolute atomic E-state index is 0.237. The van der Waals surface area contributed by atoms with Crippen LogP contribution < -0.4 is 10.1 Å². The summed E-state index contributed by atoms with van der Waals surface area (Å²) in [5.41, 5.74) is 3.11. The Morgan fingerprint density at radius 1 is 1.20 bits per heavy atom. The van der Waals surface area contributed by atoms with Gasteiger partial charge in [-0.3, -0.25) is 4.79 Å². The van der Waals surface area contributed by atoms with Gasteiger partial charge in [0.2, 0.25) is 5.88 Å². The standard InChI is InChI=1S/C23H18N4O3/c1-15-12-18(29-23-17(14-24)8-5-11-25-23)9-10-19(15)26-22(28)20-13-21(30-27-20)16-6-3-2-4-7-16/h2-12,21H,13H2,1H3,(H,26,28). The van der Waals surface area contributed by atoms with Crippen LogP contribution in [0.5, 0.6) is 11.6 Å². The van der Waals surface area contributed by atoms with Gasteiger partial charge in [0.05, 0.1) is 0 Å². The summed E-state index contributed by atoms with van der Waals surface area (Å²) in [5.74, 6) is 0.452. The lowest BCUT2D eigenvalue weighted by molar-refractivity contribution is -0.110. The van der Waals surface area contributed by atoms with Crippen molar-refractivity contribution in [3.63, 3.8) is 0 Å². The van der Waals surface area contributed by atoms with Crippen LogP contribution in [0.1, 0.15) is 29.2 Å². The Balaban J connectivity index is 1.42. The van der Waals surface area contributed by atoms with Gasteiger partial charge in [0.25, 0.3) is 5.91 Å². The van der Waals surface area contributed by atoms with E-state index in [1.54, 1.807) is 36.5 Å². The van der Waals surface area contributed by atoms with Crippen LogP contribution >= 0.6 is 0 Å². The lowest BCUT2D eigenvalue weighted by Gasteiger charge is -2.11. The summed E-state index contributed by atoms with van der Waals surface area (Å²) in [5, 5.41) is 16.0. The normalized spacial score (nSPS) is 14.9. The molecule has 7 nitrogen and oxygen atoms in total. The molecule has 0 spiro atoms. The van der Waals surface area contributed by atoms with Gasteiger partial charge in [-0.2, -0.15) is 5.26 Å². The molecule has 4 rings (SSSR count). The van der Waals surface area contributed by atoms with E-state index in [1.807, 2.05) is 43.3 Å². The molecule has 0 radical (unpaired) electrons. The summed E-state index contributed by atoms with van der Waals surface area (Å²) in [6, 6.07) is 20.2. The Hall–Kier alpha value is -4.18. The minimum atomic E-state index is -0.304. The molecular weight excluding hydrogens is 380 g/mol. The van der Waals surface area contributed by atoms with Crippen molar-refractivity contribution in [2.75, 3.05) is 5.32 Å². The van der Waals surface area contributed by atoms with E-state index in [-0.39, 0.29) is 17.9 Å². The number of amides is 1. The van der Waals surface area contributed by atoms with Crippen LogP contribution in [-0.4, -0.2) is 16.6 Å². The molecule has 1 amide bonds. The summed E-state index contributed by atoms with van der Waals surface area (Å²) in [7, 11) is 0. The Morgan fingerprint density at radius 2 is 2.03 bits per heavy atom. The number of ether oxygens (including phenoxy) is 1. The summed E-state index contributed by atoms with van der Waals surface area (Å²) in [6.07, 6.45) is 1.72. The number of nitriles is 1. The number of hydrogen-bond acceptors (Lipinski definition) is 6. The van der Waals surface area contributed by atoms with Crippen molar-refractivity contribution in [1.29, 1.82) is 5.26 Å². The van der Waals surface area contributed by atoms with E-state index in [9.17, 15) is 4.79 Å². The number of oxime groups is 1. The highest BCUT2D eigenvalue weighted by Crippen LogP contribution is 2.29. The number of nitrogens with zero attached hydrogens (tertiary/aromatic N) is 3. The lowest BCUT2D eigenvalue weighted by atomic mass is 10.0. The predicted octanol–water partition coefficient (Wildman–Crippen LogP) is 4.51. The molecule has 30 heavy (non-hydrogen) atoms. The molecule has 1 aliphatic rings. The van der Waals surface area contributed by atoms with Crippen molar-refractivity contribution in [3.8, 4) is 17.7 Å². The number of benzene rings is 2. The van der Waals surface area contributed by atoms with Crippen LogP contribution in [-0.2, 0) is 9.63 Å². The average molecular weight is 398 g/mol. The molecular formula is C23H18N4O3. The summed E-state index contributed by atoms with van der Waals surface area (Å²) >= 11 is 0. The highest BCUT2D eigenvalue weighted by atomic mass is 16.6. The second-order valence-corrected chi connectivity index (χ2v) is 6.75. The molecule has 1 N–H and O–H groups in total. The molecule has 0 fully saturated rings. The predicted molar refractivity (Wildman–Crippen MR) is 111 cm³/mol. The SMILES string of the molecule is Cc1cc(Oc2ncccc2C#N)ccc1NC(=O)C1=NOC(c2ccccc2)C1. The first-order chi connectivity index (χ1) is 14.6. The van der Waals surface area contributed by atoms with E-state index in [1.165, 1.54) is 0 Å². The number of pyridine rings is 1. The fourth-order valence-electron chi connectivity index (χ4n) is 3.06. The zero-order chi connectivity index (χ0) is 20.9. The van der Waals surface area contributed by atoms with Gasteiger partial charge in [-0.1, -0.05) is 35.5 Å². The summed E-state index contributed by atoms with van der Waals surface area (Å²) in [6.45, 7) is 1.85. The first kappa shape index (κ1) is 19.2. The third-order valence-electron chi connectivity index (χ3n) is 4.65. The molecule has 2 aromatic carbocycles. The zero-order valence-corrected chi connectivity index (χ0v) is 16.2. The smallest absolute Gasteiger partial charge is 0.273 e. The third-order valence-corrected chi connectivity index (χ3v) is 4.65. The molecule has 2 heterocycles. The number of nitrogens with one attached hydrogen (secondary N) is 1. The number of hydrogen-bond donors (Lipinski definition) is 1. The summed E-state index contributed by atoms with van der Waals surface area (Å²) < 4.78 is 5.71. The van der Waals surface area contributed by atoms with Crippen molar-refractivity contribution in [2.24, 2.45) is 5.16 Å². The molecule has 7 heteroatoms. The van der Waals surface area contributed by atoms with Crippen molar-refractivity contribution in [3.05, 3.63) is 83.6 Å². The number of aryl methyl sites for hydroxylation is 1. The van der Waals surface area contributed by atoms with Gasteiger partial charge in [0, 0.05) is 18.3 Å². The number of aromatic nitrogens is 1. The Morgan fingerprint density at radius 3 is 2.80 bits per heavy atom. The maximum absolute atomic E-state index is 12.6. The molecule has 1 atom stereocenters. The first-order valence-electron chi connectivity index (χ1n) is 9.36. The Labute approximate surface area is 173 Å². The monoisotopic (exact) mass is 398 g/mol.